The first-order valence-electron chi connectivity index (χ1n) is 6.44. The van der Waals surface area contributed by atoms with Gasteiger partial charge in [0.05, 0.1) is 11.7 Å². The molecule has 2 fully saturated rings. The van der Waals surface area contributed by atoms with Crippen LogP contribution in [0.25, 0.3) is 0 Å². The van der Waals surface area contributed by atoms with Crippen LogP contribution < -0.4 is 0 Å². The van der Waals surface area contributed by atoms with Crippen LogP contribution in [0, 0.1) is 5.92 Å². The van der Waals surface area contributed by atoms with Gasteiger partial charge in [-0.05, 0) is 52.6 Å². The van der Waals surface area contributed by atoms with Gasteiger partial charge in [-0.3, -0.25) is 0 Å². The summed E-state index contributed by atoms with van der Waals surface area (Å²) in [5.41, 5.74) is 0.0752. The van der Waals surface area contributed by atoms with E-state index < -0.39 is 0 Å². The molecule has 92 valence electrons. The van der Waals surface area contributed by atoms with Crippen LogP contribution in [-0.4, -0.2) is 42.5 Å². The lowest BCUT2D eigenvalue weighted by atomic mass is 9.98. The molecule has 0 saturated carbocycles. The average molecular weight is 225 g/mol. The third kappa shape index (κ3) is 3.05. The molecule has 0 aliphatic carbocycles. The fourth-order valence-corrected chi connectivity index (χ4v) is 2.77. The van der Waals surface area contributed by atoms with Crippen LogP contribution in [0.1, 0.15) is 39.5 Å². The van der Waals surface area contributed by atoms with Crippen LogP contribution >= 0.6 is 0 Å². The van der Waals surface area contributed by atoms with E-state index in [0.29, 0.717) is 12.0 Å². The molecule has 2 heterocycles. The standard InChI is InChI=1S/C13H23NO2/c1-13(2)6-3-12(16-13)9-14-7-4-11(10-15)5-8-14/h10-12H,3-9H2,1-2H3. The molecule has 1 unspecified atom stereocenters. The third-order valence-corrected chi connectivity index (χ3v) is 3.84. The Balaban J connectivity index is 1.73. The van der Waals surface area contributed by atoms with Crippen molar-refractivity contribution in [2.24, 2.45) is 5.92 Å². The lowest BCUT2D eigenvalue weighted by molar-refractivity contribution is -0.112. The van der Waals surface area contributed by atoms with Gasteiger partial charge >= 0.3 is 0 Å². The summed E-state index contributed by atoms with van der Waals surface area (Å²) in [6.45, 7) is 7.51. The van der Waals surface area contributed by atoms with Crippen LogP contribution in [0.15, 0.2) is 0 Å². The lowest BCUT2D eigenvalue weighted by Crippen LogP contribution is -2.39. The molecule has 0 aromatic heterocycles. The first-order valence-corrected chi connectivity index (χ1v) is 6.44. The molecule has 0 amide bonds. The van der Waals surface area contributed by atoms with Crippen molar-refractivity contribution >= 4 is 6.29 Å². The molecular formula is C13H23NO2. The first-order chi connectivity index (χ1) is 7.59. The third-order valence-electron chi connectivity index (χ3n) is 3.84. The number of likely N-dealkylation sites (tertiary alicyclic amines) is 1. The maximum absolute atomic E-state index is 10.7. The Morgan fingerprint density at radius 2 is 2.00 bits per heavy atom. The van der Waals surface area contributed by atoms with Gasteiger partial charge in [0.15, 0.2) is 0 Å². The molecule has 2 rings (SSSR count). The fourth-order valence-electron chi connectivity index (χ4n) is 2.77. The van der Waals surface area contributed by atoms with E-state index in [-0.39, 0.29) is 5.60 Å². The number of piperidine rings is 1. The van der Waals surface area contributed by atoms with Crippen molar-refractivity contribution in [3.05, 3.63) is 0 Å². The van der Waals surface area contributed by atoms with Gasteiger partial charge in [0.25, 0.3) is 0 Å². The van der Waals surface area contributed by atoms with E-state index in [1.165, 1.54) is 12.8 Å². The molecule has 2 aliphatic rings. The molecule has 3 heteroatoms. The van der Waals surface area contributed by atoms with Crippen LogP contribution in [-0.2, 0) is 9.53 Å². The monoisotopic (exact) mass is 225 g/mol. The predicted octanol–water partition coefficient (Wildman–Crippen LogP) is 1.85. The van der Waals surface area contributed by atoms with Crippen LogP contribution in [0.3, 0.4) is 0 Å². The minimum absolute atomic E-state index is 0.0752. The second-order valence-electron chi connectivity index (χ2n) is 5.81. The van der Waals surface area contributed by atoms with E-state index in [2.05, 4.69) is 18.7 Å². The average Bonchev–Trinajstić information content (AvgIpc) is 2.59. The van der Waals surface area contributed by atoms with Crippen LogP contribution in [0.2, 0.25) is 0 Å². The quantitative estimate of drug-likeness (QED) is 0.687. The maximum Gasteiger partial charge on any atom is 0.123 e. The second kappa shape index (κ2) is 4.84. The van der Waals surface area contributed by atoms with Crippen molar-refractivity contribution in [1.29, 1.82) is 0 Å². The highest BCUT2D eigenvalue weighted by molar-refractivity contribution is 5.53. The van der Waals surface area contributed by atoms with Gasteiger partial charge in [-0.15, -0.1) is 0 Å². The zero-order valence-corrected chi connectivity index (χ0v) is 10.4. The summed E-state index contributed by atoms with van der Waals surface area (Å²) < 4.78 is 5.99. The molecule has 2 aliphatic heterocycles. The number of aldehydes is 1. The van der Waals surface area contributed by atoms with Gasteiger partial charge in [0.1, 0.15) is 6.29 Å². The highest BCUT2D eigenvalue weighted by Crippen LogP contribution is 2.30. The molecule has 0 N–H and O–H groups in total. The molecule has 2 saturated heterocycles. The number of nitrogens with zero attached hydrogens (tertiary/aromatic N) is 1. The second-order valence-corrected chi connectivity index (χ2v) is 5.81. The summed E-state index contributed by atoms with van der Waals surface area (Å²) in [4.78, 5) is 13.1. The summed E-state index contributed by atoms with van der Waals surface area (Å²) in [5, 5.41) is 0. The Kier molecular flexibility index (Phi) is 3.65. The molecule has 3 nitrogen and oxygen atoms in total. The molecule has 0 aromatic carbocycles. The van der Waals surface area contributed by atoms with E-state index in [1.807, 2.05) is 0 Å². The van der Waals surface area contributed by atoms with Crippen LogP contribution in [0.4, 0.5) is 0 Å². The van der Waals surface area contributed by atoms with Gasteiger partial charge in [-0.2, -0.15) is 0 Å². The Bertz CT molecular complexity index is 244. The molecule has 1 atom stereocenters. The summed E-state index contributed by atoms with van der Waals surface area (Å²) in [7, 11) is 0. The van der Waals surface area contributed by atoms with Crippen molar-refractivity contribution < 1.29 is 9.53 Å². The number of hydrogen-bond donors (Lipinski definition) is 0. The summed E-state index contributed by atoms with van der Waals surface area (Å²) >= 11 is 0. The minimum Gasteiger partial charge on any atom is -0.371 e. The fraction of sp³-hybridized carbons (Fsp3) is 0.923. The molecular weight excluding hydrogens is 202 g/mol. The summed E-state index contributed by atoms with van der Waals surface area (Å²) in [6.07, 6.45) is 5.93. The predicted molar refractivity (Wildman–Crippen MR) is 63.4 cm³/mol. The van der Waals surface area contributed by atoms with Gasteiger partial charge in [-0.1, -0.05) is 0 Å². The van der Waals surface area contributed by atoms with Gasteiger partial charge < -0.3 is 14.4 Å². The zero-order valence-electron chi connectivity index (χ0n) is 10.4. The Labute approximate surface area is 98.1 Å². The molecule has 16 heavy (non-hydrogen) atoms. The van der Waals surface area contributed by atoms with Crippen molar-refractivity contribution in [1.82, 2.24) is 4.90 Å². The summed E-state index contributed by atoms with van der Waals surface area (Å²) in [6, 6.07) is 0. The van der Waals surface area contributed by atoms with E-state index in [1.54, 1.807) is 0 Å². The van der Waals surface area contributed by atoms with Gasteiger partial charge in [0, 0.05) is 12.5 Å². The van der Waals surface area contributed by atoms with E-state index >= 15 is 0 Å². The number of carbonyl (C=O) groups is 1. The van der Waals surface area contributed by atoms with Crippen molar-refractivity contribution in [2.75, 3.05) is 19.6 Å². The molecule has 0 aromatic rings. The maximum atomic E-state index is 10.7. The van der Waals surface area contributed by atoms with E-state index in [4.69, 9.17) is 4.74 Å². The van der Waals surface area contributed by atoms with E-state index in [0.717, 1.165) is 38.8 Å². The smallest absolute Gasteiger partial charge is 0.123 e. The van der Waals surface area contributed by atoms with Gasteiger partial charge in [-0.25, -0.2) is 0 Å². The van der Waals surface area contributed by atoms with Crippen molar-refractivity contribution in [2.45, 2.75) is 51.2 Å². The first kappa shape index (κ1) is 12.1. The zero-order chi connectivity index (χ0) is 11.6. The SMILES string of the molecule is CC1(C)CCC(CN2CCC(C=O)CC2)O1. The largest absolute Gasteiger partial charge is 0.371 e. The number of rotatable bonds is 3. The Morgan fingerprint density at radius 3 is 2.50 bits per heavy atom. The van der Waals surface area contributed by atoms with Crippen molar-refractivity contribution in [3.63, 3.8) is 0 Å². The molecule has 0 spiro atoms. The van der Waals surface area contributed by atoms with Crippen molar-refractivity contribution in [3.8, 4) is 0 Å². The topological polar surface area (TPSA) is 29.5 Å². The van der Waals surface area contributed by atoms with E-state index in [9.17, 15) is 4.79 Å². The highest BCUT2D eigenvalue weighted by atomic mass is 16.5. The Hall–Kier alpha value is -0.410. The number of ether oxygens (including phenoxy) is 1. The highest BCUT2D eigenvalue weighted by Gasteiger charge is 2.33. The minimum atomic E-state index is 0.0752. The molecule has 0 radical (unpaired) electrons. The number of hydrogen-bond acceptors (Lipinski definition) is 3. The van der Waals surface area contributed by atoms with Gasteiger partial charge in [0.2, 0.25) is 0 Å². The molecule has 0 bridgehead atoms. The summed E-state index contributed by atoms with van der Waals surface area (Å²) in [5.74, 6) is 0.303. The normalized spacial score (nSPS) is 31.8. The lowest BCUT2D eigenvalue weighted by Gasteiger charge is -2.31. The Morgan fingerprint density at radius 1 is 1.31 bits per heavy atom. The van der Waals surface area contributed by atoms with Crippen LogP contribution in [0.5, 0.6) is 0 Å². The number of carbonyl (C=O) groups excluding carboxylic acids is 1.